The summed E-state index contributed by atoms with van der Waals surface area (Å²) in [5, 5.41) is 9.18. The first-order chi connectivity index (χ1) is 9.56. The third kappa shape index (κ3) is 2.57. The highest BCUT2D eigenvalue weighted by Gasteiger charge is 2.11. The smallest absolute Gasteiger partial charge is 0.266 e. The molecule has 1 aromatic carbocycles. The molecule has 0 aliphatic rings. The van der Waals surface area contributed by atoms with Crippen LogP contribution >= 0.6 is 0 Å². The lowest BCUT2D eigenvalue weighted by Gasteiger charge is -2.11. The van der Waals surface area contributed by atoms with Crippen LogP contribution in [0.5, 0.6) is 5.75 Å². The number of nitrogens with zero attached hydrogens (tertiary/aromatic N) is 1. The maximum Gasteiger partial charge on any atom is 0.266 e. The molecule has 4 nitrogen and oxygen atoms in total. The molecule has 1 N–H and O–H groups in total. The molecule has 0 fully saturated rings. The molecule has 0 aliphatic heterocycles. The number of hydrogen-bond donors (Lipinski definition) is 1. The first-order valence-electron chi connectivity index (χ1n) is 6.44. The van der Waals surface area contributed by atoms with Crippen LogP contribution in [0.3, 0.4) is 0 Å². The van der Waals surface area contributed by atoms with E-state index in [9.17, 15) is 10.1 Å². The average Bonchev–Trinajstić information content (AvgIpc) is 2.41. The molecule has 0 bridgehead atoms. The zero-order valence-electron chi connectivity index (χ0n) is 11.8. The number of aryl methyl sites for hydroxylation is 2. The van der Waals surface area contributed by atoms with Crippen LogP contribution in [0.1, 0.15) is 23.7 Å². The van der Waals surface area contributed by atoms with E-state index < -0.39 is 0 Å². The van der Waals surface area contributed by atoms with Gasteiger partial charge in [-0.25, -0.2) is 0 Å². The fraction of sp³-hybridized carbons (Fsp3) is 0.250. The zero-order chi connectivity index (χ0) is 14.7. The van der Waals surface area contributed by atoms with Gasteiger partial charge in [-0.15, -0.1) is 0 Å². The lowest BCUT2D eigenvalue weighted by atomic mass is 9.99. The summed E-state index contributed by atoms with van der Waals surface area (Å²) in [5.41, 5.74) is 2.96. The number of aromatic amines is 1. The molecule has 2 aromatic rings. The van der Waals surface area contributed by atoms with Crippen molar-refractivity contribution < 1.29 is 4.74 Å². The van der Waals surface area contributed by atoms with Crippen LogP contribution in [0.15, 0.2) is 29.1 Å². The first kappa shape index (κ1) is 13.9. The molecule has 0 saturated heterocycles. The number of ether oxygens (including phenoxy) is 1. The quantitative estimate of drug-likeness (QED) is 0.930. The van der Waals surface area contributed by atoms with E-state index in [1.165, 1.54) is 0 Å². The average molecular weight is 268 g/mol. The number of nitrogens with one attached hydrogen (secondary N) is 1. The van der Waals surface area contributed by atoms with Crippen molar-refractivity contribution in [1.29, 1.82) is 5.26 Å². The molecule has 0 atom stereocenters. The van der Waals surface area contributed by atoms with Gasteiger partial charge in [0.2, 0.25) is 0 Å². The summed E-state index contributed by atoms with van der Waals surface area (Å²) < 4.78 is 5.56. The number of H-pyrrole nitrogens is 1. The molecule has 1 heterocycles. The van der Waals surface area contributed by atoms with Crippen LogP contribution in [-0.2, 0) is 0 Å². The molecule has 0 spiro atoms. The SMILES string of the molecule is CCOc1cc(-c2cc(C)[nH]c(=O)c2C#N)ccc1C. The van der Waals surface area contributed by atoms with Crippen molar-refractivity contribution >= 4 is 0 Å². The first-order valence-corrected chi connectivity index (χ1v) is 6.44. The highest BCUT2D eigenvalue weighted by molar-refractivity contribution is 5.72. The van der Waals surface area contributed by atoms with Gasteiger partial charge in [-0.05, 0) is 44.0 Å². The van der Waals surface area contributed by atoms with Crippen molar-refractivity contribution in [1.82, 2.24) is 4.98 Å². The fourth-order valence-corrected chi connectivity index (χ4v) is 2.11. The number of benzene rings is 1. The van der Waals surface area contributed by atoms with Crippen LogP contribution in [-0.4, -0.2) is 11.6 Å². The largest absolute Gasteiger partial charge is 0.494 e. The second-order valence-corrected chi connectivity index (χ2v) is 4.60. The van der Waals surface area contributed by atoms with E-state index in [2.05, 4.69) is 4.98 Å². The van der Waals surface area contributed by atoms with Gasteiger partial charge in [-0.1, -0.05) is 12.1 Å². The predicted octanol–water partition coefficient (Wildman–Crippen LogP) is 2.93. The van der Waals surface area contributed by atoms with Gasteiger partial charge >= 0.3 is 0 Å². The molecule has 2 rings (SSSR count). The van der Waals surface area contributed by atoms with Gasteiger partial charge in [0.15, 0.2) is 0 Å². The Bertz CT molecular complexity index is 739. The predicted molar refractivity (Wildman–Crippen MR) is 77.9 cm³/mol. The minimum Gasteiger partial charge on any atom is -0.494 e. The Morgan fingerprint density at radius 3 is 2.70 bits per heavy atom. The van der Waals surface area contributed by atoms with E-state index in [1.54, 1.807) is 13.0 Å². The van der Waals surface area contributed by atoms with Gasteiger partial charge in [0.1, 0.15) is 17.4 Å². The fourth-order valence-electron chi connectivity index (χ4n) is 2.11. The van der Waals surface area contributed by atoms with E-state index in [1.807, 2.05) is 38.1 Å². The highest BCUT2D eigenvalue weighted by atomic mass is 16.5. The summed E-state index contributed by atoms with van der Waals surface area (Å²) in [6.07, 6.45) is 0. The van der Waals surface area contributed by atoms with E-state index in [0.29, 0.717) is 12.2 Å². The molecule has 1 aromatic heterocycles. The normalized spacial score (nSPS) is 10.1. The third-order valence-corrected chi connectivity index (χ3v) is 3.08. The standard InChI is InChI=1S/C16H16N2O2/c1-4-20-15-8-12(6-5-10(15)2)13-7-11(3)18-16(19)14(13)9-17/h5-8H,4H2,1-3H3,(H,18,19). The monoisotopic (exact) mass is 268 g/mol. The Kier molecular flexibility index (Phi) is 3.90. The van der Waals surface area contributed by atoms with Crippen molar-refractivity contribution in [2.24, 2.45) is 0 Å². The number of rotatable bonds is 3. The minimum atomic E-state index is -0.360. The Labute approximate surface area is 117 Å². The summed E-state index contributed by atoms with van der Waals surface area (Å²) in [6, 6.07) is 9.47. The molecule has 0 saturated carbocycles. The third-order valence-electron chi connectivity index (χ3n) is 3.08. The summed E-state index contributed by atoms with van der Waals surface area (Å²) in [5.74, 6) is 0.770. The molecular formula is C16H16N2O2. The molecule has 0 radical (unpaired) electrons. The van der Waals surface area contributed by atoms with Crippen molar-refractivity contribution in [3.63, 3.8) is 0 Å². The molecule has 0 aliphatic carbocycles. The Morgan fingerprint density at radius 2 is 2.05 bits per heavy atom. The maximum absolute atomic E-state index is 11.8. The second kappa shape index (κ2) is 5.62. The minimum absolute atomic E-state index is 0.127. The zero-order valence-corrected chi connectivity index (χ0v) is 11.8. The molecule has 4 heteroatoms. The Hall–Kier alpha value is -2.54. The topological polar surface area (TPSA) is 65.9 Å². The molecular weight excluding hydrogens is 252 g/mol. The van der Waals surface area contributed by atoms with Gasteiger partial charge in [0, 0.05) is 11.3 Å². The summed E-state index contributed by atoms with van der Waals surface area (Å²) in [7, 11) is 0. The van der Waals surface area contributed by atoms with E-state index in [4.69, 9.17) is 4.74 Å². The van der Waals surface area contributed by atoms with Crippen LogP contribution in [0.2, 0.25) is 0 Å². The molecule has 20 heavy (non-hydrogen) atoms. The lowest BCUT2D eigenvalue weighted by Crippen LogP contribution is -2.12. The molecule has 102 valence electrons. The highest BCUT2D eigenvalue weighted by Crippen LogP contribution is 2.28. The Morgan fingerprint density at radius 1 is 1.30 bits per heavy atom. The number of pyridine rings is 1. The van der Waals surface area contributed by atoms with Crippen molar-refractivity contribution in [2.75, 3.05) is 6.61 Å². The van der Waals surface area contributed by atoms with Gasteiger partial charge < -0.3 is 9.72 Å². The van der Waals surface area contributed by atoms with Crippen LogP contribution < -0.4 is 10.3 Å². The van der Waals surface area contributed by atoms with Crippen molar-refractivity contribution in [2.45, 2.75) is 20.8 Å². The van der Waals surface area contributed by atoms with Crippen molar-refractivity contribution in [3.8, 4) is 22.9 Å². The summed E-state index contributed by atoms with van der Waals surface area (Å²) in [4.78, 5) is 14.5. The van der Waals surface area contributed by atoms with E-state index in [0.717, 1.165) is 22.6 Å². The van der Waals surface area contributed by atoms with Gasteiger partial charge in [-0.2, -0.15) is 5.26 Å². The second-order valence-electron chi connectivity index (χ2n) is 4.60. The number of aromatic nitrogens is 1. The molecule has 0 unspecified atom stereocenters. The van der Waals surface area contributed by atoms with Gasteiger partial charge in [-0.3, -0.25) is 4.79 Å². The van der Waals surface area contributed by atoms with Gasteiger partial charge in [0.25, 0.3) is 5.56 Å². The van der Waals surface area contributed by atoms with Crippen LogP contribution in [0, 0.1) is 25.2 Å². The number of nitriles is 1. The van der Waals surface area contributed by atoms with E-state index >= 15 is 0 Å². The van der Waals surface area contributed by atoms with Crippen LogP contribution in [0.25, 0.3) is 11.1 Å². The summed E-state index contributed by atoms with van der Waals surface area (Å²) >= 11 is 0. The van der Waals surface area contributed by atoms with E-state index in [-0.39, 0.29) is 11.1 Å². The van der Waals surface area contributed by atoms with Crippen LogP contribution in [0.4, 0.5) is 0 Å². The Balaban J connectivity index is 2.66. The molecule has 0 amide bonds. The lowest BCUT2D eigenvalue weighted by molar-refractivity contribution is 0.338. The van der Waals surface area contributed by atoms with Gasteiger partial charge in [0.05, 0.1) is 6.61 Å². The maximum atomic E-state index is 11.8. The summed E-state index contributed by atoms with van der Waals surface area (Å²) in [6.45, 7) is 6.25. The number of hydrogen-bond acceptors (Lipinski definition) is 3. The van der Waals surface area contributed by atoms with Crippen molar-refractivity contribution in [3.05, 3.63) is 51.4 Å².